The minimum absolute atomic E-state index is 0.239. The Kier molecular flexibility index (Phi) is 6.98. The second kappa shape index (κ2) is 10.6. The van der Waals surface area contributed by atoms with E-state index in [2.05, 4.69) is 10.6 Å². The number of amides is 2. The molecule has 0 saturated carbocycles. The highest BCUT2D eigenvalue weighted by molar-refractivity contribution is 6.04. The van der Waals surface area contributed by atoms with E-state index in [1.807, 2.05) is 42.5 Å². The molecule has 0 bridgehead atoms. The molecule has 0 aliphatic heterocycles. The number of hydrogen-bond acceptors (Lipinski definition) is 4. The molecule has 4 rings (SSSR count). The number of benzene rings is 4. The van der Waals surface area contributed by atoms with E-state index < -0.39 is 12.2 Å². The van der Waals surface area contributed by atoms with Crippen LogP contribution in [0, 0.1) is 0 Å². The Balaban J connectivity index is 1.47. The van der Waals surface area contributed by atoms with Crippen molar-refractivity contribution in [3.63, 3.8) is 0 Å². The largest absolute Gasteiger partial charge is 0.446 e. The van der Waals surface area contributed by atoms with E-state index in [1.54, 1.807) is 72.8 Å². The monoisotopic (exact) mass is 438 g/mol. The van der Waals surface area contributed by atoms with Crippen molar-refractivity contribution in [1.29, 1.82) is 0 Å². The highest BCUT2D eigenvalue weighted by Gasteiger charge is 2.23. The number of hydrogen-bond donors (Lipinski definition) is 2. The highest BCUT2D eigenvalue weighted by atomic mass is 16.7. The van der Waals surface area contributed by atoms with Crippen molar-refractivity contribution >= 4 is 23.2 Å². The number of carbonyl (C=O) groups is 2. The maximum absolute atomic E-state index is 13.0. The molecule has 0 aliphatic carbocycles. The minimum atomic E-state index is -1.22. The molecule has 0 fully saturated rings. The molecule has 6 nitrogen and oxygen atoms in total. The fourth-order valence-electron chi connectivity index (χ4n) is 3.05. The second-order valence-corrected chi connectivity index (χ2v) is 7.08. The first-order chi connectivity index (χ1) is 16.2. The predicted octanol–water partition coefficient (Wildman–Crippen LogP) is 5.36. The molecule has 0 spiro atoms. The molecule has 4 aromatic carbocycles. The van der Waals surface area contributed by atoms with Gasteiger partial charge in [-0.25, -0.2) is 0 Å². The lowest BCUT2D eigenvalue weighted by molar-refractivity contribution is -0.134. The van der Waals surface area contributed by atoms with E-state index in [0.717, 1.165) is 0 Å². The smallest absolute Gasteiger partial charge is 0.321 e. The normalized spacial score (nSPS) is 10.3. The first kappa shape index (κ1) is 21.6. The third kappa shape index (κ3) is 6.21. The van der Waals surface area contributed by atoms with Crippen molar-refractivity contribution in [2.24, 2.45) is 0 Å². The van der Waals surface area contributed by atoms with E-state index in [0.29, 0.717) is 28.4 Å². The molecular weight excluding hydrogens is 416 g/mol. The number of carbonyl (C=O) groups excluding carboxylic acids is 2. The molecule has 0 radical (unpaired) electrons. The van der Waals surface area contributed by atoms with Crippen LogP contribution in [0.5, 0.6) is 11.5 Å². The Labute approximate surface area is 191 Å². The Morgan fingerprint density at radius 1 is 0.576 bits per heavy atom. The molecular formula is C27H22N2O4. The number of anilines is 2. The zero-order valence-corrected chi connectivity index (χ0v) is 17.7. The maximum Gasteiger partial charge on any atom is 0.321 e. The predicted molar refractivity (Wildman–Crippen MR) is 127 cm³/mol. The van der Waals surface area contributed by atoms with Gasteiger partial charge >= 0.3 is 12.2 Å². The molecule has 0 atom stereocenters. The lowest BCUT2D eigenvalue weighted by atomic mass is 10.2. The summed E-state index contributed by atoms with van der Waals surface area (Å²) in [6.45, 7) is 0. The summed E-state index contributed by atoms with van der Waals surface area (Å²) in [5.41, 5.74) is 1.58. The van der Waals surface area contributed by atoms with Crippen LogP contribution in [0.15, 0.2) is 115 Å². The molecule has 2 amide bonds. The number of rotatable bonds is 8. The highest BCUT2D eigenvalue weighted by Crippen LogP contribution is 2.19. The molecule has 33 heavy (non-hydrogen) atoms. The minimum Gasteiger partial charge on any atom is -0.446 e. The van der Waals surface area contributed by atoms with Gasteiger partial charge in [0.1, 0.15) is 11.5 Å². The third-order valence-corrected chi connectivity index (χ3v) is 4.61. The zero-order valence-electron chi connectivity index (χ0n) is 17.7. The molecule has 0 saturated heterocycles. The van der Waals surface area contributed by atoms with Crippen LogP contribution in [-0.4, -0.2) is 18.1 Å². The van der Waals surface area contributed by atoms with Gasteiger partial charge in [-0.2, -0.15) is 0 Å². The molecule has 0 aromatic heterocycles. The summed E-state index contributed by atoms with van der Waals surface area (Å²) in [6.07, 6.45) is -1.22. The average Bonchev–Trinajstić information content (AvgIpc) is 2.86. The average molecular weight is 438 g/mol. The molecule has 4 aromatic rings. The zero-order chi connectivity index (χ0) is 22.9. The second-order valence-electron chi connectivity index (χ2n) is 7.08. The Morgan fingerprint density at radius 3 is 1.61 bits per heavy atom. The van der Waals surface area contributed by atoms with Crippen LogP contribution in [0.1, 0.15) is 10.4 Å². The van der Waals surface area contributed by atoms with E-state index in [9.17, 15) is 9.59 Å². The molecule has 2 N–H and O–H groups in total. The third-order valence-electron chi connectivity index (χ3n) is 4.61. The van der Waals surface area contributed by atoms with E-state index >= 15 is 0 Å². The lowest BCUT2D eigenvalue weighted by Crippen LogP contribution is -2.38. The Bertz CT molecular complexity index is 1160. The SMILES string of the molecule is O=C(Nc1cccc(NC(=O)C(Oc2ccccc2)Oc2ccccc2)c1)c1ccccc1. The van der Waals surface area contributed by atoms with Crippen molar-refractivity contribution < 1.29 is 19.1 Å². The van der Waals surface area contributed by atoms with Crippen LogP contribution in [0.25, 0.3) is 0 Å². The topological polar surface area (TPSA) is 76.7 Å². The summed E-state index contributed by atoms with van der Waals surface area (Å²) in [7, 11) is 0. The summed E-state index contributed by atoms with van der Waals surface area (Å²) < 4.78 is 11.6. The fraction of sp³-hybridized carbons (Fsp3) is 0.0370. The van der Waals surface area contributed by atoms with Gasteiger partial charge in [-0.15, -0.1) is 0 Å². The summed E-state index contributed by atoms with van der Waals surface area (Å²) in [4.78, 5) is 25.5. The van der Waals surface area contributed by atoms with Crippen LogP contribution in [-0.2, 0) is 4.79 Å². The fourth-order valence-corrected chi connectivity index (χ4v) is 3.05. The van der Waals surface area contributed by atoms with Gasteiger partial charge in [0.15, 0.2) is 0 Å². The molecule has 0 heterocycles. The standard InChI is InChI=1S/C27H22N2O4/c30-25(20-11-4-1-5-12-20)28-21-13-10-14-22(19-21)29-26(31)27(32-23-15-6-2-7-16-23)33-24-17-8-3-9-18-24/h1-19,27H,(H,28,30)(H,29,31). The number of para-hydroxylation sites is 2. The van der Waals surface area contributed by atoms with Crippen LogP contribution >= 0.6 is 0 Å². The van der Waals surface area contributed by atoms with Gasteiger partial charge in [0.25, 0.3) is 5.91 Å². The van der Waals surface area contributed by atoms with Gasteiger partial charge in [0, 0.05) is 16.9 Å². The van der Waals surface area contributed by atoms with Crippen molar-refractivity contribution in [2.45, 2.75) is 6.29 Å². The van der Waals surface area contributed by atoms with Crippen LogP contribution in [0.3, 0.4) is 0 Å². The first-order valence-electron chi connectivity index (χ1n) is 10.4. The van der Waals surface area contributed by atoms with Crippen molar-refractivity contribution in [3.05, 3.63) is 121 Å². The summed E-state index contributed by atoms with van der Waals surface area (Å²) in [5, 5.41) is 5.62. The van der Waals surface area contributed by atoms with Crippen LogP contribution in [0.2, 0.25) is 0 Å². The molecule has 6 heteroatoms. The van der Waals surface area contributed by atoms with Crippen molar-refractivity contribution in [2.75, 3.05) is 10.6 Å². The number of ether oxygens (including phenoxy) is 2. The molecule has 0 aliphatic rings. The van der Waals surface area contributed by atoms with Gasteiger partial charge in [0.2, 0.25) is 0 Å². The summed E-state index contributed by atoms with van der Waals surface area (Å²) >= 11 is 0. The lowest BCUT2D eigenvalue weighted by Gasteiger charge is -2.20. The number of nitrogens with one attached hydrogen (secondary N) is 2. The van der Waals surface area contributed by atoms with Gasteiger partial charge in [-0.1, -0.05) is 60.7 Å². The van der Waals surface area contributed by atoms with Crippen molar-refractivity contribution in [1.82, 2.24) is 0 Å². The quantitative estimate of drug-likeness (QED) is 0.363. The van der Waals surface area contributed by atoms with E-state index in [-0.39, 0.29) is 5.91 Å². The van der Waals surface area contributed by atoms with Crippen LogP contribution < -0.4 is 20.1 Å². The van der Waals surface area contributed by atoms with E-state index in [1.165, 1.54) is 0 Å². The van der Waals surface area contributed by atoms with Gasteiger partial charge < -0.3 is 20.1 Å². The van der Waals surface area contributed by atoms with E-state index in [4.69, 9.17) is 9.47 Å². The van der Waals surface area contributed by atoms with Gasteiger partial charge in [-0.05, 0) is 54.6 Å². The maximum atomic E-state index is 13.0. The van der Waals surface area contributed by atoms with Gasteiger partial charge in [0.05, 0.1) is 0 Å². The summed E-state index contributed by atoms with van der Waals surface area (Å²) in [5.74, 6) is 0.265. The molecule has 164 valence electrons. The molecule has 0 unspecified atom stereocenters. The Hall–Kier alpha value is -4.58. The first-order valence-corrected chi connectivity index (χ1v) is 10.4. The summed E-state index contributed by atoms with van der Waals surface area (Å²) in [6, 6.07) is 33.7. The van der Waals surface area contributed by atoms with Crippen LogP contribution in [0.4, 0.5) is 11.4 Å². The van der Waals surface area contributed by atoms with Crippen molar-refractivity contribution in [3.8, 4) is 11.5 Å². The Morgan fingerprint density at radius 2 is 1.06 bits per heavy atom. The van der Waals surface area contributed by atoms with Gasteiger partial charge in [-0.3, -0.25) is 9.59 Å².